The van der Waals surface area contributed by atoms with Crippen LogP contribution in [0.5, 0.6) is 11.5 Å². The molecule has 0 bridgehead atoms. The summed E-state index contributed by atoms with van der Waals surface area (Å²) in [6.45, 7) is 2.22. The zero-order chi connectivity index (χ0) is 15.0. The van der Waals surface area contributed by atoms with E-state index in [1.807, 2.05) is 0 Å². The van der Waals surface area contributed by atoms with Crippen molar-refractivity contribution in [2.24, 2.45) is 0 Å². The highest BCUT2D eigenvalue weighted by Gasteiger charge is 2.14. The fourth-order valence-electron chi connectivity index (χ4n) is 2.32. The molecule has 0 atom stereocenters. The Morgan fingerprint density at radius 3 is 1.75 bits per heavy atom. The quantitative estimate of drug-likeness (QED) is 0.541. The van der Waals surface area contributed by atoms with E-state index in [0.29, 0.717) is 12.0 Å². The molecule has 0 aliphatic carbocycles. The first kappa shape index (κ1) is 17.5. The van der Waals surface area contributed by atoms with E-state index in [-0.39, 0.29) is 21.5 Å². The molecule has 0 unspecified atom stereocenters. The van der Waals surface area contributed by atoms with Gasteiger partial charge in [0, 0.05) is 6.07 Å². The first-order valence-corrected chi connectivity index (χ1v) is 8.22. The van der Waals surface area contributed by atoms with Crippen LogP contribution in [0.25, 0.3) is 0 Å². The van der Waals surface area contributed by atoms with Crippen LogP contribution >= 0.6 is 23.2 Å². The van der Waals surface area contributed by atoms with Crippen LogP contribution < -0.4 is 0 Å². The van der Waals surface area contributed by atoms with Crippen LogP contribution in [0.2, 0.25) is 10.0 Å². The van der Waals surface area contributed by atoms with E-state index in [2.05, 4.69) is 6.92 Å². The van der Waals surface area contributed by atoms with Crippen LogP contribution in [0.1, 0.15) is 63.9 Å². The standard InChI is InChI=1S/C16H24Cl2O2/c1-2-3-4-5-6-7-8-9-10-12-15(17)13(19)11-14(20)16(12)18/h11,19-20H,2-10H2,1H3. The van der Waals surface area contributed by atoms with Crippen molar-refractivity contribution in [3.63, 3.8) is 0 Å². The highest BCUT2D eigenvalue weighted by atomic mass is 35.5. The third-order valence-corrected chi connectivity index (χ3v) is 4.38. The zero-order valence-corrected chi connectivity index (χ0v) is 13.6. The molecule has 0 amide bonds. The molecule has 114 valence electrons. The Kier molecular flexibility index (Phi) is 8.16. The minimum Gasteiger partial charge on any atom is -0.506 e. The molecule has 2 N–H and O–H groups in total. The summed E-state index contributed by atoms with van der Waals surface area (Å²) in [5.74, 6) is -0.216. The molecule has 0 saturated heterocycles. The van der Waals surface area contributed by atoms with E-state index < -0.39 is 0 Å². The van der Waals surface area contributed by atoms with Gasteiger partial charge >= 0.3 is 0 Å². The summed E-state index contributed by atoms with van der Waals surface area (Å²) in [4.78, 5) is 0. The van der Waals surface area contributed by atoms with Gasteiger partial charge in [0.15, 0.2) is 0 Å². The Morgan fingerprint density at radius 1 is 0.800 bits per heavy atom. The number of phenolic OH excluding ortho intramolecular Hbond substituents is 2. The smallest absolute Gasteiger partial charge is 0.138 e. The van der Waals surface area contributed by atoms with E-state index in [1.54, 1.807) is 0 Å². The van der Waals surface area contributed by atoms with Crippen molar-refractivity contribution in [2.45, 2.75) is 64.7 Å². The topological polar surface area (TPSA) is 40.5 Å². The van der Waals surface area contributed by atoms with Gasteiger partial charge in [-0.25, -0.2) is 0 Å². The first-order chi connectivity index (χ1) is 9.57. The molecule has 2 nitrogen and oxygen atoms in total. The molecule has 20 heavy (non-hydrogen) atoms. The summed E-state index contributed by atoms with van der Waals surface area (Å²) >= 11 is 12.0. The lowest BCUT2D eigenvalue weighted by Gasteiger charge is -2.10. The average Bonchev–Trinajstić information content (AvgIpc) is 2.43. The van der Waals surface area contributed by atoms with Gasteiger partial charge in [0.05, 0.1) is 10.0 Å². The number of hydrogen-bond donors (Lipinski definition) is 2. The van der Waals surface area contributed by atoms with Gasteiger partial charge in [-0.15, -0.1) is 0 Å². The van der Waals surface area contributed by atoms with Gasteiger partial charge < -0.3 is 10.2 Å². The average molecular weight is 319 g/mol. The van der Waals surface area contributed by atoms with Crippen LogP contribution in [0.4, 0.5) is 0 Å². The largest absolute Gasteiger partial charge is 0.506 e. The summed E-state index contributed by atoms with van der Waals surface area (Å²) < 4.78 is 0. The Hall–Kier alpha value is -0.600. The van der Waals surface area contributed by atoms with Crippen molar-refractivity contribution in [2.75, 3.05) is 0 Å². The third kappa shape index (κ3) is 5.41. The van der Waals surface area contributed by atoms with Gasteiger partial charge in [0.2, 0.25) is 0 Å². The van der Waals surface area contributed by atoms with Crippen LogP contribution in [-0.4, -0.2) is 10.2 Å². The highest BCUT2D eigenvalue weighted by molar-refractivity contribution is 6.37. The lowest BCUT2D eigenvalue weighted by molar-refractivity contribution is 0.449. The minimum absolute atomic E-state index is 0.108. The summed E-state index contributed by atoms with van der Waals surface area (Å²) in [7, 11) is 0. The van der Waals surface area contributed by atoms with E-state index in [4.69, 9.17) is 23.2 Å². The molecule has 1 aromatic rings. The number of unbranched alkanes of at least 4 members (excludes halogenated alkanes) is 7. The maximum Gasteiger partial charge on any atom is 0.138 e. The predicted octanol–water partition coefficient (Wildman–Crippen LogP) is 6.09. The van der Waals surface area contributed by atoms with Crippen molar-refractivity contribution < 1.29 is 10.2 Å². The Bertz CT molecular complexity index is 393. The van der Waals surface area contributed by atoms with Crippen LogP contribution in [0.3, 0.4) is 0 Å². The number of phenols is 2. The van der Waals surface area contributed by atoms with E-state index in [9.17, 15) is 10.2 Å². The fraction of sp³-hybridized carbons (Fsp3) is 0.625. The molecule has 0 saturated carbocycles. The summed E-state index contributed by atoms with van der Waals surface area (Å²) in [6, 6.07) is 1.18. The van der Waals surface area contributed by atoms with Crippen LogP contribution in [-0.2, 0) is 6.42 Å². The summed E-state index contributed by atoms with van der Waals surface area (Å²) in [5.41, 5.74) is 0.650. The Balaban J connectivity index is 2.32. The second kappa shape index (κ2) is 9.36. The molecule has 0 aliphatic heterocycles. The van der Waals surface area contributed by atoms with Crippen molar-refractivity contribution >= 4 is 23.2 Å². The summed E-state index contributed by atoms with van der Waals surface area (Å²) in [6.07, 6.45) is 10.5. The number of hydrogen-bond acceptors (Lipinski definition) is 2. The van der Waals surface area contributed by atoms with Crippen molar-refractivity contribution in [3.8, 4) is 11.5 Å². The van der Waals surface area contributed by atoms with Gasteiger partial charge in [-0.3, -0.25) is 0 Å². The molecule has 0 spiro atoms. The molecule has 1 aromatic carbocycles. The zero-order valence-electron chi connectivity index (χ0n) is 12.1. The molecule has 0 aliphatic rings. The predicted molar refractivity (Wildman–Crippen MR) is 86.1 cm³/mol. The minimum atomic E-state index is -0.108. The highest BCUT2D eigenvalue weighted by Crippen LogP contribution is 2.39. The lowest BCUT2D eigenvalue weighted by Crippen LogP contribution is -1.91. The second-order valence-corrected chi connectivity index (χ2v) is 6.00. The number of rotatable bonds is 9. The van der Waals surface area contributed by atoms with Crippen LogP contribution in [0.15, 0.2) is 6.07 Å². The van der Waals surface area contributed by atoms with E-state index >= 15 is 0 Å². The summed E-state index contributed by atoms with van der Waals surface area (Å²) in [5, 5.41) is 19.7. The van der Waals surface area contributed by atoms with Crippen molar-refractivity contribution in [3.05, 3.63) is 21.7 Å². The Labute approximate surface area is 131 Å². The van der Waals surface area contributed by atoms with Gasteiger partial charge in [0.1, 0.15) is 11.5 Å². The van der Waals surface area contributed by atoms with Gasteiger partial charge in [-0.2, -0.15) is 0 Å². The molecular weight excluding hydrogens is 295 g/mol. The maximum atomic E-state index is 9.58. The number of halogens is 2. The SMILES string of the molecule is CCCCCCCCCCc1c(Cl)c(O)cc(O)c1Cl. The molecule has 0 aromatic heterocycles. The van der Waals surface area contributed by atoms with Gasteiger partial charge in [-0.05, 0) is 18.4 Å². The monoisotopic (exact) mass is 318 g/mol. The third-order valence-electron chi connectivity index (χ3n) is 3.53. The fourth-order valence-corrected chi connectivity index (χ4v) is 2.85. The molecule has 4 heteroatoms. The van der Waals surface area contributed by atoms with Gasteiger partial charge in [0.25, 0.3) is 0 Å². The molecule has 0 radical (unpaired) electrons. The van der Waals surface area contributed by atoms with E-state index in [1.165, 1.54) is 44.6 Å². The molecular formula is C16H24Cl2O2. The molecule has 0 fully saturated rings. The number of aromatic hydroxyl groups is 2. The lowest BCUT2D eigenvalue weighted by atomic mass is 10.0. The van der Waals surface area contributed by atoms with Gasteiger partial charge in [-0.1, -0.05) is 75.1 Å². The van der Waals surface area contributed by atoms with Crippen molar-refractivity contribution in [1.82, 2.24) is 0 Å². The first-order valence-electron chi connectivity index (χ1n) is 7.46. The van der Waals surface area contributed by atoms with Crippen LogP contribution in [0, 0.1) is 0 Å². The maximum absolute atomic E-state index is 9.58. The Morgan fingerprint density at radius 2 is 1.25 bits per heavy atom. The molecule has 0 heterocycles. The second-order valence-electron chi connectivity index (χ2n) is 5.25. The van der Waals surface area contributed by atoms with E-state index in [0.717, 1.165) is 12.8 Å². The number of benzene rings is 1. The van der Waals surface area contributed by atoms with Crippen molar-refractivity contribution in [1.29, 1.82) is 0 Å². The molecule has 1 rings (SSSR count). The normalized spacial score (nSPS) is 10.9.